The number of hydrogen-bond donors (Lipinski definition) is 1. The average molecular weight is 329 g/mol. The Morgan fingerprint density at radius 2 is 2.04 bits per heavy atom. The van der Waals surface area contributed by atoms with E-state index in [1.54, 1.807) is 0 Å². The highest BCUT2D eigenvalue weighted by atomic mass is 16.5. The third-order valence-corrected chi connectivity index (χ3v) is 4.71. The number of likely N-dealkylation sites (tertiary alicyclic amines) is 1. The molecule has 5 heteroatoms. The maximum absolute atomic E-state index is 10.2. The van der Waals surface area contributed by atoms with Crippen LogP contribution in [0.15, 0.2) is 42.7 Å². The maximum atomic E-state index is 10.2. The standard InChI is InChI=1S/C19H27N3O2/c1-16-5-2-3-6-19(16)24-15-18(23)14-21-11-7-17(8-12-21)13-22-10-4-9-20-22/h2-6,9-10,17-18,23H,7-8,11-15H2,1H3/t18-/m0/s1. The minimum atomic E-state index is -0.452. The average Bonchev–Trinajstić information content (AvgIpc) is 3.09. The van der Waals surface area contributed by atoms with Crippen LogP contribution in [-0.4, -0.2) is 52.1 Å². The summed E-state index contributed by atoms with van der Waals surface area (Å²) < 4.78 is 7.76. The van der Waals surface area contributed by atoms with Crippen LogP contribution in [0, 0.1) is 12.8 Å². The number of nitrogens with zero attached hydrogens (tertiary/aromatic N) is 3. The molecule has 0 saturated carbocycles. The number of benzene rings is 1. The molecular formula is C19H27N3O2. The molecule has 1 aromatic heterocycles. The number of ether oxygens (including phenoxy) is 1. The molecule has 5 nitrogen and oxygen atoms in total. The van der Waals surface area contributed by atoms with Gasteiger partial charge in [-0.25, -0.2) is 0 Å². The van der Waals surface area contributed by atoms with Crippen LogP contribution in [0.1, 0.15) is 18.4 Å². The van der Waals surface area contributed by atoms with Gasteiger partial charge in [0, 0.05) is 25.5 Å². The molecule has 2 aromatic rings. The summed E-state index contributed by atoms with van der Waals surface area (Å²) in [6.07, 6.45) is 5.72. The molecule has 24 heavy (non-hydrogen) atoms. The highest BCUT2D eigenvalue weighted by molar-refractivity contribution is 5.31. The Morgan fingerprint density at radius 3 is 2.75 bits per heavy atom. The fourth-order valence-electron chi connectivity index (χ4n) is 3.28. The molecule has 0 unspecified atom stereocenters. The first-order valence-corrected chi connectivity index (χ1v) is 8.77. The van der Waals surface area contributed by atoms with Crippen LogP contribution in [0.3, 0.4) is 0 Å². The number of aryl methyl sites for hydroxylation is 1. The molecule has 1 atom stereocenters. The fraction of sp³-hybridized carbons (Fsp3) is 0.526. The first-order chi connectivity index (χ1) is 11.7. The van der Waals surface area contributed by atoms with E-state index >= 15 is 0 Å². The molecule has 1 aromatic carbocycles. The number of aromatic nitrogens is 2. The van der Waals surface area contributed by atoms with E-state index in [-0.39, 0.29) is 0 Å². The van der Waals surface area contributed by atoms with Gasteiger partial charge in [0.15, 0.2) is 0 Å². The first-order valence-electron chi connectivity index (χ1n) is 8.77. The molecule has 130 valence electrons. The minimum Gasteiger partial charge on any atom is -0.491 e. The quantitative estimate of drug-likeness (QED) is 0.847. The predicted octanol–water partition coefficient (Wildman–Crippen LogP) is 2.34. The van der Waals surface area contributed by atoms with Gasteiger partial charge in [0.1, 0.15) is 18.5 Å². The van der Waals surface area contributed by atoms with Crippen molar-refractivity contribution < 1.29 is 9.84 Å². The van der Waals surface area contributed by atoms with Crippen molar-refractivity contribution in [3.05, 3.63) is 48.3 Å². The maximum Gasteiger partial charge on any atom is 0.122 e. The smallest absolute Gasteiger partial charge is 0.122 e. The zero-order chi connectivity index (χ0) is 16.8. The summed E-state index contributed by atoms with van der Waals surface area (Å²) in [5.74, 6) is 1.54. The number of aliphatic hydroxyl groups is 1. The molecule has 0 aliphatic carbocycles. The molecule has 1 aliphatic rings. The van der Waals surface area contributed by atoms with Gasteiger partial charge in [-0.15, -0.1) is 0 Å². The van der Waals surface area contributed by atoms with Crippen LogP contribution in [0.4, 0.5) is 0 Å². The molecule has 2 heterocycles. The number of piperidine rings is 1. The summed E-state index contributed by atoms with van der Waals surface area (Å²) in [7, 11) is 0. The van der Waals surface area contributed by atoms with Gasteiger partial charge in [-0.05, 0) is 56.5 Å². The number of rotatable bonds is 7. The van der Waals surface area contributed by atoms with Crippen LogP contribution < -0.4 is 4.74 Å². The number of hydrogen-bond acceptors (Lipinski definition) is 4. The zero-order valence-corrected chi connectivity index (χ0v) is 14.3. The van der Waals surface area contributed by atoms with Crippen molar-refractivity contribution in [1.29, 1.82) is 0 Å². The highest BCUT2D eigenvalue weighted by Gasteiger charge is 2.21. The largest absolute Gasteiger partial charge is 0.491 e. The monoisotopic (exact) mass is 329 g/mol. The van der Waals surface area contributed by atoms with Crippen LogP contribution in [0.5, 0.6) is 5.75 Å². The molecule has 3 rings (SSSR count). The molecule has 0 bridgehead atoms. The van der Waals surface area contributed by atoms with Crippen LogP contribution in [0.2, 0.25) is 0 Å². The van der Waals surface area contributed by atoms with E-state index in [9.17, 15) is 5.11 Å². The Hall–Kier alpha value is -1.85. The number of aliphatic hydroxyl groups excluding tert-OH is 1. The molecule has 0 radical (unpaired) electrons. The summed E-state index contributed by atoms with van der Waals surface area (Å²) in [5.41, 5.74) is 1.10. The predicted molar refractivity (Wildman–Crippen MR) is 94.1 cm³/mol. The molecule has 0 amide bonds. The van der Waals surface area contributed by atoms with E-state index in [1.807, 2.05) is 54.3 Å². The SMILES string of the molecule is Cc1ccccc1OC[C@@H](O)CN1CCC(Cn2cccn2)CC1. The topological polar surface area (TPSA) is 50.5 Å². The normalized spacial score (nSPS) is 17.8. The summed E-state index contributed by atoms with van der Waals surface area (Å²) in [6, 6.07) is 9.89. The molecule has 1 N–H and O–H groups in total. The van der Waals surface area contributed by atoms with Crippen LogP contribution >= 0.6 is 0 Å². The fourth-order valence-corrected chi connectivity index (χ4v) is 3.28. The van der Waals surface area contributed by atoms with Gasteiger partial charge in [0.25, 0.3) is 0 Å². The molecule has 0 spiro atoms. The Morgan fingerprint density at radius 1 is 1.25 bits per heavy atom. The van der Waals surface area contributed by atoms with Gasteiger partial charge in [0.05, 0.1) is 0 Å². The third-order valence-electron chi connectivity index (χ3n) is 4.71. The van der Waals surface area contributed by atoms with Crippen molar-refractivity contribution in [2.45, 2.75) is 32.4 Å². The lowest BCUT2D eigenvalue weighted by Crippen LogP contribution is -2.41. The Labute approximate surface area is 143 Å². The summed E-state index contributed by atoms with van der Waals surface area (Å²) in [6.45, 7) is 6.12. The van der Waals surface area contributed by atoms with Crippen molar-refractivity contribution in [1.82, 2.24) is 14.7 Å². The van der Waals surface area contributed by atoms with E-state index < -0.39 is 6.10 Å². The van der Waals surface area contributed by atoms with E-state index in [1.165, 1.54) is 0 Å². The van der Waals surface area contributed by atoms with Crippen LogP contribution in [0.25, 0.3) is 0 Å². The second-order valence-corrected chi connectivity index (χ2v) is 6.70. The third kappa shape index (κ3) is 4.82. The Bertz CT molecular complexity index is 607. The van der Waals surface area contributed by atoms with Gasteiger partial charge in [0.2, 0.25) is 0 Å². The number of β-amino-alcohol motifs (C(OH)–C–C–N with tert-alkyl or cyclic N) is 1. The Kier molecular flexibility index (Phi) is 5.88. The summed E-state index contributed by atoms with van der Waals surface area (Å²) in [5, 5.41) is 14.5. The lowest BCUT2D eigenvalue weighted by molar-refractivity contribution is 0.0532. The Balaban J connectivity index is 1.37. The lowest BCUT2D eigenvalue weighted by Gasteiger charge is -2.33. The van der Waals surface area contributed by atoms with Gasteiger partial charge < -0.3 is 14.7 Å². The van der Waals surface area contributed by atoms with Crippen molar-refractivity contribution in [3.63, 3.8) is 0 Å². The minimum absolute atomic E-state index is 0.345. The van der Waals surface area contributed by atoms with Gasteiger partial charge in [-0.1, -0.05) is 18.2 Å². The summed E-state index contributed by atoms with van der Waals surface area (Å²) >= 11 is 0. The van der Waals surface area contributed by atoms with E-state index in [4.69, 9.17) is 4.74 Å². The summed E-state index contributed by atoms with van der Waals surface area (Å²) in [4.78, 5) is 2.34. The van der Waals surface area contributed by atoms with Crippen molar-refractivity contribution in [3.8, 4) is 5.75 Å². The second kappa shape index (κ2) is 8.31. The molecule has 1 aliphatic heterocycles. The molecular weight excluding hydrogens is 302 g/mol. The highest BCUT2D eigenvalue weighted by Crippen LogP contribution is 2.20. The van der Waals surface area contributed by atoms with E-state index in [0.717, 1.165) is 43.8 Å². The lowest BCUT2D eigenvalue weighted by atomic mass is 9.96. The van der Waals surface area contributed by atoms with E-state index in [0.29, 0.717) is 19.1 Å². The van der Waals surface area contributed by atoms with Gasteiger partial charge >= 0.3 is 0 Å². The van der Waals surface area contributed by atoms with Crippen molar-refractivity contribution in [2.75, 3.05) is 26.2 Å². The van der Waals surface area contributed by atoms with E-state index in [2.05, 4.69) is 10.00 Å². The van der Waals surface area contributed by atoms with Gasteiger partial charge in [-0.2, -0.15) is 5.10 Å². The van der Waals surface area contributed by atoms with Crippen molar-refractivity contribution >= 4 is 0 Å². The molecule has 1 saturated heterocycles. The van der Waals surface area contributed by atoms with Crippen LogP contribution in [-0.2, 0) is 6.54 Å². The number of para-hydroxylation sites is 1. The molecule has 1 fully saturated rings. The first kappa shape index (κ1) is 17.0. The van der Waals surface area contributed by atoms with Gasteiger partial charge in [-0.3, -0.25) is 4.68 Å². The van der Waals surface area contributed by atoms with Crippen molar-refractivity contribution in [2.24, 2.45) is 5.92 Å². The zero-order valence-electron chi connectivity index (χ0n) is 14.3. The second-order valence-electron chi connectivity index (χ2n) is 6.70.